The molecule has 1 N–H and O–H groups in total. The van der Waals surface area contributed by atoms with E-state index in [-0.39, 0.29) is 22.7 Å². The Labute approximate surface area is 179 Å². The van der Waals surface area contributed by atoms with E-state index >= 15 is 0 Å². The molecule has 1 heterocycles. The minimum Gasteiger partial charge on any atom is -0.348 e. The van der Waals surface area contributed by atoms with Crippen molar-refractivity contribution in [1.29, 1.82) is 0 Å². The number of carbonyl (C=O) groups is 1. The smallest absolute Gasteiger partial charge is 0.282 e. The first-order chi connectivity index (χ1) is 14.3. The summed E-state index contributed by atoms with van der Waals surface area (Å²) >= 11 is 1.39. The van der Waals surface area contributed by atoms with Crippen molar-refractivity contribution in [2.24, 2.45) is 0 Å². The van der Waals surface area contributed by atoms with Crippen LogP contribution in [0.1, 0.15) is 35.2 Å². The molecule has 0 spiro atoms. The second kappa shape index (κ2) is 9.59. The van der Waals surface area contributed by atoms with Crippen molar-refractivity contribution in [1.82, 2.24) is 9.62 Å². The maximum Gasteiger partial charge on any atom is 0.282 e. The van der Waals surface area contributed by atoms with Gasteiger partial charge in [-0.25, -0.2) is 8.42 Å². The highest BCUT2D eigenvalue weighted by molar-refractivity contribution is 7.98. The average molecular weight is 450 g/mol. The summed E-state index contributed by atoms with van der Waals surface area (Å²) in [4.78, 5) is 24.1. The van der Waals surface area contributed by atoms with Gasteiger partial charge in [-0.3, -0.25) is 14.9 Å². The third-order valence-corrected chi connectivity index (χ3v) is 7.61. The molecule has 2 aromatic carbocycles. The molecule has 0 aliphatic carbocycles. The summed E-state index contributed by atoms with van der Waals surface area (Å²) in [5.74, 6) is -0.553. The average Bonchev–Trinajstić information content (AvgIpc) is 2.77. The van der Waals surface area contributed by atoms with Crippen molar-refractivity contribution < 1.29 is 18.1 Å². The molecule has 0 aromatic heterocycles. The predicted molar refractivity (Wildman–Crippen MR) is 115 cm³/mol. The maximum absolute atomic E-state index is 12.7. The van der Waals surface area contributed by atoms with E-state index in [0.717, 1.165) is 24.2 Å². The molecule has 1 aliphatic rings. The van der Waals surface area contributed by atoms with Crippen LogP contribution >= 0.6 is 11.8 Å². The number of thioether (sulfide) groups is 1. The number of nitrogens with zero attached hydrogens (tertiary/aromatic N) is 2. The van der Waals surface area contributed by atoms with Crippen molar-refractivity contribution in [3.8, 4) is 0 Å². The number of nitrogens with one attached hydrogen (secondary N) is 1. The number of rotatable bonds is 7. The Morgan fingerprint density at radius 1 is 1.13 bits per heavy atom. The molecule has 1 fully saturated rings. The first kappa shape index (κ1) is 22.3. The molecule has 2 aromatic rings. The summed E-state index contributed by atoms with van der Waals surface area (Å²) in [6.07, 6.45) is 4.60. The van der Waals surface area contributed by atoms with Crippen LogP contribution in [0.5, 0.6) is 0 Å². The summed E-state index contributed by atoms with van der Waals surface area (Å²) in [5.41, 5.74) is 0.439. The van der Waals surface area contributed by atoms with Gasteiger partial charge in [-0.15, -0.1) is 11.8 Å². The summed E-state index contributed by atoms with van der Waals surface area (Å²) in [6, 6.07) is 10.8. The third-order valence-electron chi connectivity index (χ3n) is 4.97. The van der Waals surface area contributed by atoms with Crippen molar-refractivity contribution >= 4 is 33.4 Å². The van der Waals surface area contributed by atoms with Gasteiger partial charge in [0.2, 0.25) is 10.0 Å². The Kier molecular flexibility index (Phi) is 7.11. The number of benzene rings is 2. The van der Waals surface area contributed by atoms with Gasteiger partial charge in [0.15, 0.2) is 0 Å². The summed E-state index contributed by atoms with van der Waals surface area (Å²) < 4.78 is 26.9. The van der Waals surface area contributed by atoms with Crippen LogP contribution in [0.25, 0.3) is 0 Å². The van der Waals surface area contributed by atoms with Gasteiger partial charge >= 0.3 is 0 Å². The minimum atomic E-state index is -3.51. The number of hydrogen-bond donors (Lipinski definition) is 1. The molecule has 0 saturated carbocycles. The van der Waals surface area contributed by atoms with Crippen LogP contribution < -0.4 is 5.32 Å². The van der Waals surface area contributed by atoms with Crippen molar-refractivity contribution in [3.63, 3.8) is 0 Å². The van der Waals surface area contributed by atoms with Gasteiger partial charge in [0.05, 0.1) is 9.82 Å². The fourth-order valence-corrected chi connectivity index (χ4v) is 5.25. The molecule has 160 valence electrons. The normalized spacial score (nSPS) is 15.0. The van der Waals surface area contributed by atoms with E-state index in [2.05, 4.69) is 5.32 Å². The van der Waals surface area contributed by atoms with E-state index < -0.39 is 20.9 Å². The number of sulfonamides is 1. The molecule has 0 atom stereocenters. The van der Waals surface area contributed by atoms with Crippen molar-refractivity contribution in [2.45, 2.75) is 35.6 Å². The van der Waals surface area contributed by atoms with E-state index in [4.69, 9.17) is 0 Å². The molecule has 30 heavy (non-hydrogen) atoms. The van der Waals surface area contributed by atoms with Gasteiger partial charge in [-0.1, -0.05) is 18.6 Å². The molecular formula is C20H23N3O5S2. The lowest BCUT2D eigenvalue weighted by atomic mass is 10.1. The minimum absolute atomic E-state index is 0.00357. The Balaban J connectivity index is 1.70. The Morgan fingerprint density at radius 3 is 2.40 bits per heavy atom. The van der Waals surface area contributed by atoms with Crippen LogP contribution in [-0.2, 0) is 16.6 Å². The molecular weight excluding hydrogens is 426 g/mol. The molecule has 10 heteroatoms. The fraction of sp³-hybridized carbons (Fsp3) is 0.350. The van der Waals surface area contributed by atoms with Crippen LogP contribution in [0.15, 0.2) is 52.3 Å². The number of nitro benzene ring substituents is 1. The lowest BCUT2D eigenvalue weighted by molar-refractivity contribution is -0.385. The lowest BCUT2D eigenvalue weighted by Crippen LogP contribution is -2.35. The second-order valence-corrected chi connectivity index (χ2v) is 9.75. The van der Waals surface area contributed by atoms with Gasteiger partial charge in [0.1, 0.15) is 5.56 Å². The van der Waals surface area contributed by atoms with Crippen LogP contribution in [0.4, 0.5) is 5.69 Å². The number of amides is 1. The third kappa shape index (κ3) is 5.00. The van der Waals surface area contributed by atoms with Gasteiger partial charge in [-0.2, -0.15) is 4.31 Å². The molecule has 0 radical (unpaired) electrons. The zero-order valence-electron chi connectivity index (χ0n) is 16.5. The Bertz CT molecular complexity index is 1030. The molecule has 0 unspecified atom stereocenters. The van der Waals surface area contributed by atoms with E-state index in [1.807, 2.05) is 6.26 Å². The molecule has 1 amide bonds. The predicted octanol–water partition coefficient (Wildman–Crippen LogP) is 3.42. The summed E-state index contributed by atoms with van der Waals surface area (Å²) in [6.45, 7) is 1.20. The highest BCUT2D eigenvalue weighted by Crippen LogP contribution is 2.25. The van der Waals surface area contributed by atoms with Crippen LogP contribution in [0.3, 0.4) is 0 Å². The topological polar surface area (TPSA) is 110 Å². The fourth-order valence-electron chi connectivity index (χ4n) is 3.29. The molecule has 1 aliphatic heterocycles. The maximum atomic E-state index is 12.7. The molecule has 0 bridgehead atoms. The monoisotopic (exact) mass is 449 g/mol. The van der Waals surface area contributed by atoms with Crippen LogP contribution in [0, 0.1) is 10.1 Å². The van der Waals surface area contributed by atoms with Crippen molar-refractivity contribution in [3.05, 3.63) is 63.7 Å². The van der Waals surface area contributed by atoms with E-state index in [9.17, 15) is 23.3 Å². The van der Waals surface area contributed by atoms with Gasteiger partial charge in [0, 0.05) is 30.6 Å². The number of piperidine rings is 1. The largest absolute Gasteiger partial charge is 0.348 e. The molecule has 8 nitrogen and oxygen atoms in total. The quantitative estimate of drug-likeness (QED) is 0.394. The highest BCUT2D eigenvalue weighted by Gasteiger charge is 2.26. The van der Waals surface area contributed by atoms with Gasteiger partial charge < -0.3 is 5.32 Å². The van der Waals surface area contributed by atoms with Gasteiger partial charge in [-0.05, 0) is 48.9 Å². The number of nitro groups is 1. The van der Waals surface area contributed by atoms with Crippen LogP contribution in [-0.4, -0.2) is 42.9 Å². The Hall–Kier alpha value is -2.43. The van der Waals surface area contributed by atoms with E-state index in [1.54, 1.807) is 18.2 Å². The number of hydrogen-bond acceptors (Lipinski definition) is 6. The van der Waals surface area contributed by atoms with E-state index in [1.165, 1.54) is 40.3 Å². The SMILES string of the molecule is CSc1ccc([N+](=O)[O-])c(C(=O)NCc2ccc(S(=O)(=O)N3CCCCC3)cc2)c1. The summed E-state index contributed by atoms with van der Waals surface area (Å²) in [7, 11) is -3.51. The Morgan fingerprint density at radius 2 is 1.80 bits per heavy atom. The zero-order valence-corrected chi connectivity index (χ0v) is 18.2. The second-order valence-electron chi connectivity index (χ2n) is 6.93. The number of carbonyl (C=O) groups excluding carboxylic acids is 1. The van der Waals surface area contributed by atoms with E-state index in [0.29, 0.717) is 18.7 Å². The van der Waals surface area contributed by atoms with Crippen LogP contribution in [0.2, 0.25) is 0 Å². The lowest BCUT2D eigenvalue weighted by Gasteiger charge is -2.25. The molecule has 3 rings (SSSR count). The van der Waals surface area contributed by atoms with Crippen molar-refractivity contribution in [2.75, 3.05) is 19.3 Å². The van der Waals surface area contributed by atoms with Gasteiger partial charge in [0.25, 0.3) is 11.6 Å². The first-order valence-corrected chi connectivity index (χ1v) is 12.2. The molecule has 1 saturated heterocycles. The zero-order chi connectivity index (χ0) is 21.7. The highest BCUT2D eigenvalue weighted by atomic mass is 32.2. The standard InChI is InChI=1S/C20H23N3O5S2/c1-29-16-7-10-19(23(25)26)18(13-16)20(24)21-14-15-5-8-17(9-6-15)30(27,28)22-11-3-2-4-12-22/h5-10,13H,2-4,11-12,14H2,1H3,(H,21,24). The summed E-state index contributed by atoms with van der Waals surface area (Å²) in [5, 5.41) is 13.9. The first-order valence-electron chi connectivity index (χ1n) is 9.52.